The molecule has 0 atom stereocenters. The Kier molecular flexibility index (Phi) is 5.42. The highest BCUT2D eigenvalue weighted by Gasteiger charge is 2.24. The third kappa shape index (κ3) is 3.79. The number of fused-ring (bicyclic) bond motifs is 3. The maximum absolute atomic E-state index is 14.5. The molecule has 0 aliphatic carbocycles. The maximum Gasteiger partial charge on any atom is 0.358 e. The standard InChI is InChI=1S/C21H17ClFN3O3/c1-28-8-9-29-21(27)18-11-14-12-24-20(15-4-2-3-5-17(15)23)16-10-13(22)6-7-19(16)26(14)25-18/h2-7,10-11H,8-9,12H2,1H3. The van der Waals surface area contributed by atoms with Gasteiger partial charge in [0.2, 0.25) is 0 Å². The fraction of sp³-hybridized carbons (Fsp3) is 0.190. The number of carbonyl (C=O) groups excluding carboxylic acids is 1. The molecule has 0 saturated carbocycles. The summed E-state index contributed by atoms with van der Waals surface area (Å²) >= 11 is 6.21. The van der Waals surface area contributed by atoms with Crippen LogP contribution in [0.15, 0.2) is 53.5 Å². The Morgan fingerprint density at radius 1 is 1.17 bits per heavy atom. The monoisotopic (exact) mass is 413 g/mol. The van der Waals surface area contributed by atoms with Gasteiger partial charge < -0.3 is 9.47 Å². The highest BCUT2D eigenvalue weighted by atomic mass is 35.5. The quantitative estimate of drug-likeness (QED) is 0.471. The molecular weight excluding hydrogens is 397 g/mol. The van der Waals surface area contributed by atoms with Crippen molar-refractivity contribution < 1.29 is 18.7 Å². The maximum atomic E-state index is 14.5. The number of aliphatic imine (C=N–C) groups is 1. The van der Waals surface area contributed by atoms with Crippen molar-refractivity contribution in [3.63, 3.8) is 0 Å². The Labute approximate surface area is 171 Å². The van der Waals surface area contributed by atoms with Crippen molar-refractivity contribution in [3.8, 4) is 5.69 Å². The van der Waals surface area contributed by atoms with E-state index in [1.165, 1.54) is 13.2 Å². The molecule has 0 bridgehead atoms. The molecule has 0 N–H and O–H groups in total. The lowest BCUT2D eigenvalue weighted by Crippen LogP contribution is -2.12. The minimum atomic E-state index is -0.545. The first-order chi connectivity index (χ1) is 14.1. The second-order valence-electron chi connectivity index (χ2n) is 6.37. The van der Waals surface area contributed by atoms with Crippen LogP contribution in [0.4, 0.5) is 4.39 Å². The molecular formula is C21H17ClFN3O3. The van der Waals surface area contributed by atoms with Crippen LogP contribution in [-0.4, -0.2) is 41.8 Å². The lowest BCUT2D eigenvalue weighted by molar-refractivity contribution is 0.0381. The van der Waals surface area contributed by atoms with Gasteiger partial charge in [-0.15, -0.1) is 0 Å². The molecule has 2 aromatic carbocycles. The second-order valence-corrected chi connectivity index (χ2v) is 6.80. The van der Waals surface area contributed by atoms with E-state index < -0.39 is 5.97 Å². The first-order valence-corrected chi connectivity index (χ1v) is 9.31. The van der Waals surface area contributed by atoms with Crippen molar-refractivity contribution in [3.05, 3.63) is 81.9 Å². The molecule has 148 valence electrons. The Morgan fingerprint density at radius 3 is 2.79 bits per heavy atom. The first kappa shape index (κ1) is 19.3. The van der Waals surface area contributed by atoms with E-state index in [2.05, 4.69) is 10.1 Å². The van der Waals surface area contributed by atoms with E-state index in [4.69, 9.17) is 21.1 Å². The number of nitrogens with zero attached hydrogens (tertiary/aromatic N) is 3. The summed E-state index contributed by atoms with van der Waals surface area (Å²) in [6, 6.07) is 13.3. The number of carbonyl (C=O) groups is 1. The summed E-state index contributed by atoms with van der Waals surface area (Å²) in [6.45, 7) is 0.657. The lowest BCUT2D eigenvalue weighted by Gasteiger charge is -2.12. The minimum Gasteiger partial charge on any atom is -0.458 e. The largest absolute Gasteiger partial charge is 0.458 e. The average Bonchev–Trinajstić information content (AvgIpc) is 3.08. The average molecular weight is 414 g/mol. The van der Waals surface area contributed by atoms with Gasteiger partial charge in [0.15, 0.2) is 5.69 Å². The smallest absolute Gasteiger partial charge is 0.358 e. The molecule has 3 aromatic rings. The molecule has 1 aliphatic rings. The van der Waals surface area contributed by atoms with Gasteiger partial charge >= 0.3 is 5.97 Å². The Morgan fingerprint density at radius 2 is 2.00 bits per heavy atom. The minimum absolute atomic E-state index is 0.138. The van der Waals surface area contributed by atoms with E-state index in [-0.39, 0.29) is 24.7 Å². The summed E-state index contributed by atoms with van der Waals surface area (Å²) in [6.07, 6.45) is 0. The fourth-order valence-electron chi connectivity index (χ4n) is 3.14. The van der Waals surface area contributed by atoms with Crippen molar-refractivity contribution >= 4 is 23.3 Å². The molecule has 29 heavy (non-hydrogen) atoms. The second kappa shape index (κ2) is 8.14. The zero-order valence-corrected chi connectivity index (χ0v) is 16.3. The molecule has 0 saturated heterocycles. The van der Waals surface area contributed by atoms with Crippen molar-refractivity contribution in [2.75, 3.05) is 20.3 Å². The molecule has 4 rings (SSSR count). The van der Waals surface area contributed by atoms with E-state index in [0.717, 1.165) is 0 Å². The number of methoxy groups -OCH3 is 1. The summed E-state index contributed by atoms with van der Waals surface area (Å²) in [4.78, 5) is 16.9. The zero-order valence-electron chi connectivity index (χ0n) is 15.6. The molecule has 1 aromatic heterocycles. The number of esters is 1. The molecule has 6 nitrogen and oxygen atoms in total. The topological polar surface area (TPSA) is 65.7 Å². The molecule has 0 fully saturated rings. The third-order valence-electron chi connectivity index (χ3n) is 4.48. The number of rotatable bonds is 5. The number of hydrogen-bond acceptors (Lipinski definition) is 5. The number of ether oxygens (including phenoxy) is 2. The molecule has 0 spiro atoms. The fourth-order valence-corrected chi connectivity index (χ4v) is 3.32. The molecule has 2 heterocycles. The van der Waals surface area contributed by atoms with Gasteiger partial charge in [0.05, 0.1) is 30.2 Å². The zero-order chi connectivity index (χ0) is 20.4. The number of hydrogen-bond donors (Lipinski definition) is 0. The van der Waals surface area contributed by atoms with Crippen molar-refractivity contribution in [1.82, 2.24) is 9.78 Å². The van der Waals surface area contributed by atoms with Gasteiger partial charge in [-0.2, -0.15) is 5.10 Å². The van der Waals surface area contributed by atoms with Gasteiger partial charge in [0.25, 0.3) is 0 Å². The van der Waals surface area contributed by atoms with E-state index >= 15 is 0 Å². The Hall–Kier alpha value is -3.03. The predicted molar refractivity (Wildman–Crippen MR) is 106 cm³/mol. The number of halogens is 2. The van der Waals surface area contributed by atoms with E-state index in [0.29, 0.717) is 39.8 Å². The summed E-state index contributed by atoms with van der Waals surface area (Å²) < 4.78 is 26.1. The van der Waals surface area contributed by atoms with Gasteiger partial charge in [0, 0.05) is 23.3 Å². The van der Waals surface area contributed by atoms with Gasteiger partial charge in [0.1, 0.15) is 12.4 Å². The summed E-state index contributed by atoms with van der Waals surface area (Å²) in [5.74, 6) is -0.921. The Balaban J connectivity index is 1.78. The van der Waals surface area contributed by atoms with Crippen LogP contribution in [0.1, 0.15) is 27.3 Å². The van der Waals surface area contributed by atoms with Crippen LogP contribution in [-0.2, 0) is 16.0 Å². The highest BCUT2D eigenvalue weighted by molar-refractivity contribution is 6.31. The van der Waals surface area contributed by atoms with E-state index in [9.17, 15) is 9.18 Å². The predicted octanol–water partition coefficient (Wildman–Crippen LogP) is 3.82. The molecule has 1 aliphatic heterocycles. The van der Waals surface area contributed by atoms with Crippen molar-refractivity contribution in [2.24, 2.45) is 4.99 Å². The normalized spacial score (nSPS) is 12.6. The first-order valence-electron chi connectivity index (χ1n) is 8.93. The van der Waals surface area contributed by atoms with E-state index in [1.807, 2.05) is 0 Å². The van der Waals surface area contributed by atoms with Gasteiger partial charge in [-0.25, -0.2) is 13.9 Å². The molecule has 0 unspecified atom stereocenters. The number of aromatic nitrogens is 2. The van der Waals surface area contributed by atoms with Crippen LogP contribution in [0.3, 0.4) is 0 Å². The van der Waals surface area contributed by atoms with Gasteiger partial charge in [-0.3, -0.25) is 4.99 Å². The van der Waals surface area contributed by atoms with Crippen LogP contribution < -0.4 is 0 Å². The van der Waals surface area contributed by atoms with Crippen LogP contribution in [0.5, 0.6) is 0 Å². The van der Waals surface area contributed by atoms with Gasteiger partial charge in [-0.05, 0) is 36.4 Å². The van der Waals surface area contributed by atoms with Crippen LogP contribution in [0.25, 0.3) is 5.69 Å². The lowest BCUT2D eigenvalue weighted by atomic mass is 10.00. The molecule has 0 radical (unpaired) electrons. The molecule has 0 amide bonds. The Bertz CT molecular complexity index is 1110. The summed E-state index contributed by atoms with van der Waals surface area (Å²) in [5.41, 5.74) is 2.99. The van der Waals surface area contributed by atoms with Crippen LogP contribution >= 0.6 is 11.6 Å². The molecule has 8 heteroatoms. The third-order valence-corrected chi connectivity index (χ3v) is 4.72. The summed E-state index contributed by atoms with van der Waals surface area (Å²) in [5, 5.41) is 4.89. The van der Waals surface area contributed by atoms with Crippen LogP contribution in [0, 0.1) is 5.82 Å². The van der Waals surface area contributed by atoms with Crippen LogP contribution in [0.2, 0.25) is 5.02 Å². The van der Waals surface area contributed by atoms with Crippen molar-refractivity contribution in [2.45, 2.75) is 6.54 Å². The van der Waals surface area contributed by atoms with Gasteiger partial charge in [-0.1, -0.05) is 23.7 Å². The van der Waals surface area contributed by atoms with Crippen molar-refractivity contribution in [1.29, 1.82) is 0 Å². The SMILES string of the molecule is COCCOC(=O)c1cc2n(n1)-c1ccc(Cl)cc1C(c1ccccc1F)=NC2. The highest BCUT2D eigenvalue weighted by Crippen LogP contribution is 2.28. The summed E-state index contributed by atoms with van der Waals surface area (Å²) in [7, 11) is 1.53. The van der Waals surface area contributed by atoms with E-state index in [1.54, 1.807) is 47.1 Å². The number of benzene rings is 2.